The number of nitrogens with one attached hydrogen (secondary N) is 1. The van der Waals surface area contributed by atoms with Gasteiger partial charge < -0.3 is 14.8 Å². The Morgan fingerprint density at radius 1 is 1.21 bits per heavy atom. The predicted octanol–water partition coefficient (Wildman–Crippen LogP) is 4.33. The minimum atomic E-state index is -0.246. The van der Waals surface area contributed by atoms with Crippen LogP contribution in [0, 0.1) is 5.82 Å². The van der Waals surface area contributed by atoms with Gasteiger partial charge in [-0.05, 0) is 48.7 Å². The molecule has 1 aliphatic rings. The Balaban J connectivity index is 1.58. The van der Waals surface area contributed by atoms with Crippen LogP contribution >= 0.6 is 11.6 Å². The highest BCUT2D eigenvalue weighted by Crippen LogP contribution is 2.24. The largest absolute Gasteiger partial charge is 0.489 e. The third-order valence-corrected chi connectivity index (χ3v) is 4.28. The molecule has 24 heavy (non-hydrogen) atoms. The summed E-state index contributed by atoms with van der Waals surface area (Å²) in [4.78, 5) is 0. The first-order valence-corrected chi connectivity index (χ1v) is 8.56. The third kappa shape index (κ3) is 4.94. The molecule has 2 aromatic rings. The Kier molecular flexibility index (Phi) is 6.07. The van der Waals surface area contributed by atoms with Crippen LogP contribution in [0.1, 0.15) is 24.0 Å². The molecule has 0 bridgehead atoms. The van der Waals surface area contributed by atoms with E-state index < -0.39 is 0 Å². The molecular formula is C19H21ClFNO2. The van der Waals surface area contributed by atoms with E-state index in [0.717, 1.165) is 42.9 Å². The van der Waals surface area contributed by atoms with Crippen LogP contribution in [0.3, 0.4) is 0 Å². The van der Waals surface area contributed by atoms with Crippen molar-refractivity contribution in [2.24, 2.45) is 0 Å². The maximum Gasteiger partial charge on any atom is 0.124 e. The lowest BCUT2D eigenvalue weighted by Crippen LogP contribution is -2.26. The van der Waals surface area contributed by atoms with Crippen molar-refractivity contribution in [1.29, 1.82) is 0 Å². The highest BCUT2D eigenvalue weighted by molar-refractivity contribution is 6.30. The average Bonchev–Trinajstić information content (AvgIpc) is 3.09. The van der Waals surface area contributed by atoms with Gasteiger partial charge in [0, 0.05) is 30.3 Å². The van der Waals surface area contributed by atoms with Crippen LogP contribution in [-0.2, 0) is 17.9 Å². The van der Waals surface area contributed by atoms with Gasteiger partial charge in [-0.1, -0.05) is 23.7 Å². The molecule has 1 aliphatic heterocycles. The van der Waals surface area contributed by atoms with Crippen molar-refractivity contribution in [2.75, 3.05) is 13.2 Å². The van der Waals surface area contributed by atoms with E-state index in [-0.39, 0.29) is 5.82 Å². The molecule has 0 amide bonds. The van der Waals surface area contributed by atoms with Crippen LogP contribution < -0.4 is 10.1 Å². The number of hydrogen-bond donors (Lipinski definition) is 1. The summed E-state index contributed by atoms with van der Waals surface area (Å²) in [6, 6.07) is 11.9. The first kappa shape index (κ1) is 17.2. The van der Waals surface area contributed by atoms with Gasteiger partial charge in [0.25, 0.3) is 0 Å². The van der Waals surface area contributed by atoms with Crippen molar-refractivity contribution < 1.29 is 13.9 Å². The smallest absolute Gasteiger partial charge is 0.124 e. The summed E-state index contributed by atoms with van der Waals surface area (Å²) in [5, 5.41) is 4.08. The SMILES string of the molecule is Fc1ccc(COc2ccc(Cl)cc2CNC[C@@H]2CCCO2)cc1. The van der Waals surface area contributed by atoms with Crippen molar-refractivity contribution >= 4 is 11.6 Å². The van der Waals surface area contributed by atoms with Gasteiger partial charge >= 0.3 is 0 Å². The molecule has 3 rings (SSSR count). The van der Waals surface area contributed by atoms with E-state index >= 15 is 0 Å². The fourth-order valence-electron chi connectivity index (χ4n) is 2.74. The molecule has 128 valence electrons. The number of ether oxygens (including phenoxy) is 2. The van der Waals surface area contributed by atoms with Crippen molar-refractivity contribution in [3.05, 3.63) is 64.4 Å². The van der Waals surface area contributed by atoms with E-state index in [0.29, 0.717) is 24.3 Å². The molecule has 0 aliphatic carbocycles. The fourth-order valence-corrected chi connectivity index (χ4v) is 2.94. The Morgan fingerprint density at radius 3 is 2.79 bits per heavy atom. The Morgan fingerprint density at radius 2 is 2.04 bits per heavy atom. The molecular weight excluding hydrogens is 329 g/mol. The molecule has 5 heteroatoms. The summed E-state index contributed by atoms with van der Waals surface area (Å²) in [7, 11) is 0. The Hall–Kier alpha value is -1.62. The van der Waals surface area contributed by atoms with Crippen molar-refractivity contribution in [3.8, 4) is 5.75 Å². The highest BCUT2D eigenvalue weighted by atomic mass is 35.5. The molecule has 0 spiro atoms. The standard InChI is InChI=1S/C19H21ClFNO2/c20-16-5-8-19(24-13-14-3-6-17(21)7-4-14)15(10-16)11-22-12-18-2-1-9-23-18/h3-8,10,18,22H,1-2,9,11-13H2/t18-/m0/s1. The van der Waals surface area contributed by atoms with Gasteiger partial charge in [-0.2, -0.15) is 0 Å². The summed E-state index contributed by atoms with van der Waals surface area (Å²) >= 11 is 6.11. The quantitative estimate of drug-likeness (QED) is 0.807. The monoisotopic (exact) mass is 349 g/mol. The number of halogens is 2. The number of hydrogen-bond acceptors (Lipinski definition) is 3. The van der Waals surface area contributed by atoms with E-state index in [1.54, 1.807) is 12.1 Å². The molecule has 0 unspecified atom stereocenters. The van der Waals surface area contributed by atoms with Crippen molar-refractivity contribution in [3.63, 3.8) is 0 Å². The zero-order valence-electron chi connectivity index (χ0n) is 13.4. The van der Waals surface area contributed by atoms with Gasteiger partial charge in [-0.3, -0.25) is 0 Å². The topological polar surface area (TPSA) is 30.5 Å². The second kappa shape index (κ2) is 8.47. The van der Waals surface area contributed by atoms with E-state index in [4.69, 9.17) is 21.1 Å². The van der Waals surface area contributed by atoms with Gasteiger partial charge in [-0.15, -0.1) is 0 Å². The van der Waals surface area contributed by atoms with Gasteiger partial charge in [0.1, 0.15) is 18.2 Å². The summed E-state index contributed by atoms with van der Waals surface area (Å²) in [5.74, 6) is 0.535. The minimum absolute atomic E-state index is 0.246. The van der Waals surface area contributed by atoms with Gasteiger partial charge in [-0.25, -0.2) is 4.39 Å². The molecule has 1 N–H and O–H groups in total. The van der Waals surface area contributed by atoms with E-state index in [1.165, 1.54) is 12.1 Å². The average molecular weight is 350 g/mol. The maximum absolute atomic E-state index is 13.0. The second-order valence-corrected chi connectivity index (χ2v) is 6.37. The zero-order chi connectivity index (χ0) is 16.8. The normalized spacial score (nSPS) is 17.2. The predicted molar refractivity (Wildman–Crippen MR) is 92.9 cm³/mol. The van der Waals surface area contributed by atoms with Gasteiger partial charge in [0.05, 0.1) is 6.10 Å². The molecule has 1 heterocycles. The molecule has 1 saturated heterocycles. The third-order valence-electron chi connectivity index (χ3n) is 4.04. The second-order valence-electron chi connectivity index (χ2n) is 5.93. The van der Waals surface area contributed by atoms with E-state index in [9.17, 15) is 4.39 Å². The number of benzene rings is 2. The molecule has 1 atom stereocenters. The van der Waals surface area contributed by atoms with Crippen LogP contribution in [0.2, 0.25) is 5.02 Å². The minimum Gasteiger partial charge on any atom is -0.489 e. The molecule has 2 aromatic carbocycles. The summed E-state index contributed by atoms with van der Waals surface area (Å²) in [5.41, 5.74) is 1.92. The Bertz CT molecular complexity index is 657. The first-order valence-electron chi connectivity index (χ1n) is 8.19. The maximum atomic E-state index is 13.0. The lowest BCUT2D eigenvalue weighted by molar-refractivity contribution is 0.110. The molecule has 0 saturated carbocycles. The van der Waals surface area contributed by atoms with Crippen LogP contribution in [0.25, 0.3) is 0 Å². The van der Waals surface area contributed by atoms with Gasteiger partial charge in [0.15, 0.2) is 0 Å². The van der Waals surface area contributed by atoms with Crippen molar-refractivity contribution in [1.82, 2.24) is 5.32 Å². The van der Waals surface area contributed by atoms with Crippen LogP contribution in [0.5, 0.6) is 5.75 Å². The molecule has 0 radical (unpaired) electrons. The van der Waals surface area contributed by atoms with Crippen LogP contribution in [0.15, 0.2) is 42.5 Å². The van der Waals surface area contributed by atoms with E-state index in [2.05, 4.69) is 5.32 Å². The van der Waals surface area contributed by atoms with Crippen molar-refractivity contribution in [2.45, 2.75) is 32.1 Å². The van der Waals surface area contributed by atoms with E-state index in [1.807, 2.05) is 18.2 Å². The summed E-state index contributed by atoms with van der Waals surface area (Å²) in [6.07, 6.45) is 2.54. The zero-order valence-corrected chi connectivity index (χ0v) is 14.2. The van der Waals surface area contributed by atoms with Gasteiger partial charge in [0.2, 0.25) is 0 Å². The van der Waals surface area contributed by atoms with Crippen LogP contribution in [0.4, 0.5) is 4.39 Å². The molecule has 3 nitrogen and oxygen atoms in total. The lowest BCUT2D eigenvalue weighted by atomic mass is 10.2. The van der Waals surface area contributed by atoms with Crippen LogP contribution in [-0.4, -0.2) is 19.3 Å². The molecule has 1 fully saturated rings. The summed E-state index contributed by atoms with van der Waals surface area (Å²) < 4.78 is 24.4. The molecule has 0 aromatic heterocycles. The highest BCUT2D eigenvalue weighted by Gasteiger charge is 2.15. The summed E-state index contributed by atoms with van der Waals surface area (Å²) in [6.45, 7) is 2.74. The number of rotatable bonds is 7. The first-order chi connectivity index (χ1) is 11.7. The fraction of sp³-hybridized carbons (Fsp3) is 0.368. The Labute approximate surface area is 146 Å². The lowest BCUT2D eigenvalue weighted by Gasteiger charge is -2.15.